The Bertz CT molecular complexity index is 1440. The normalized spacial score (nSPS) is 15.4. The Hall–Kier alpha value is -3.51. The predicted molar refractivity (Wildman–Crippen MR) is 137 cm³/mol. The maximum Gasteiger partial charge on any atom is 0.336 e. The number of thioether (sulfide) groups is 1. The number of rotatable bonds is 5. The van der Waals surface area contributed by atoms with Crippen molar-refractivity contribution in [2.45, 2.75) is 30.4 Å². The van der Waals surface area contributed by atoms with Gasteiger partial charge in [-0.25, -0.2) is 4.79 Å². The second-order valence-corrected chi connectivity index (χ2v) is 9.35. The van der Waals surface area contributed by atoms with Crippen LogP contribution in [0.15, 0.2) is 85.8 Å². The summed E-state index contributed by atoms with van der Waals surface area (Å²) in [7, 11) is 1.67. The standard InChI is InChI=1S/C28H25NO4S/c1-4-32-23-14-13-20-17(2)15-26(30)33-28(20)27(23)22-16-25(18-9-11-19(31-3)12-10-18)34-24-8-6-5-7-21(24)29-22/h5-15,25H,4,16H2,1-3H3/t25-/m0/s1. The molecule has 0 saturated heterocycles. The first kappa shape index (κ1) is 22.3. The zero-order valence-corrected chi connectivity index (χ0v) is 20.1. The Kier molecular flexibility index (Phi) is 6.16. The lowest BCUT2D eigenvalue weighted by atomic mass is 9.97. The van der Waals surface area contributed by atoms with Gasteiger partial charge in [-0.1, -0.05) is 24.3 Å². The van der Waals surface area contributed by atoms with Crippen LogP contribution in [-0.4, -0.2) is 19.4 Å². The van der Waals surface area contributed by atoms with E-state index >= 15 is 0 Å². The van der Waals surface area contributed by atoms with E-state index < -0.39 is 0 Å². The van der Waals surface area contributed by atoms with Gasteiger partial charge in [-0.15, -0.1) is 11.8 Å². The minimum atomic E-state index is -0.379. The topological polar surface area (TPSA) is 61.0 Å². The van der Waals surface area contributed by atoms with E-state index in [-0.39, 0.29) is 10.9 Å². The lowest BCUT2D eigenvalue weighted by molar-refractivity contribution is 0.339. The second kappa shape index (κ2) is 9.39. The van der Waals surface area contributed by atoms with Crippen molar-refractivity contribution in [3.8, 4) is 11.5 Å². The van der Waals surface area contributed by atoms with E-state index in [0.717, 1.165) is 38.6 Å². The molecular formula is C28H25NO4S. The predicted octanol–water partition coefficient (Wildman–Crippen LogP) is 6.87. The Labute approximate surface area is 202 Å². The van der Waals surface area contributed by atoms with Crippen LogP contribution in [0.4, 0.5) is 5.69 Å². The summed E-state index contributed by atoms with van der Waals surface area (Å²) in [6.45, 7) is 4.36. The van der Waals surface area contributed by atoms with Gasteiger partial charge in [0, 0.05) is 28.0 Å². The molecule has 1 aliphatic rings. The van der Waals surface area contributed by atoms with Crippen LogP contribution >= 0.6 is 11.8 Å². The number of aryl methyl sites for hydroxylation is 1. The Balaban J connectivity index is 1.73. The van der Waals surface area contributed by atoms with E-state index in [4.69, 9.17) is 18.9 Å². The van der Waals surface area contributed by atoms with Crippen LogP contribution in [0.5, 0.6) is 11.5 Å². The van der Waals surface area contributed by atoms with E-state index in [2.05, 4.69) is 18.2 Å². The summed E-state index contributed by atoms with van der Waals surface area (Å²) in [6.07, 6.45) is 0.641. The molecule has 3 aromatic carbocycles. The summed E-state index contributed by atoms with van der Waals surface area (Å²) in [4.78, 5) is 18.6. The quantitative estimate of drug-likeness (QED) is 0.297. The smallest absolute Gasteiger partial charge is 0.336 e. The fourth-order valence-electron chi connectivity index (χ4n) is 4.29. The lowest BCUT2D eigenvalue weighted by Gasteiger charge is -2.19. The van der Waals surface area contributed by atoms with Crippen LogP contribution in [-0.2, 0) is 0 Å². The van der Waals surface area contributed by atoms with Crippen LogP contribution in [0.1, 0.15) is 35.3 Å². The molecule has 2 heterocycles. The molecule has 1 aromatic heterocycles. The highest BCUT2D eigenvalue weighted by Gasteiger charge is 2.27. The third-order valence-electron chi connectivity index (χ3n) is 5.93. The van der Waals surface area contributed by atoms with E-state index in [1.807, 2.05) is 56.3 Å². The average Bonchev–Trinajstić information content (AvgIpc) is 3.03. The molecule has 0 aliphatic carbocycles. The first-order valence-corrected chi connectivity index (χ1v) is 12.1. The third-order valence-corrected chi connectivity index (χ3v) is 7.25. The molecule has 0 unspecified atom stereocenters. The maximum absolute atomic E-state index is 12.4. The van der Waals surface area contributed by atoms with Crippen molar-refractivity contribution in [1.82, 2.24) is 0 Å². The molecule has 34 heavy (non-hydrogen) atoms. The van der Waals surface area contributed by atoms with Crippen molar-refractivity contribution >= 4 is 34.1 Å². The molecule has 1 aliphatic heterocycles. The zero-order chi connectivity index (χ0) is 23.7. The molecular weight excluding hydrogens is 446 g/mol. The minimum absolute atomic E-state index is 0.106. The largest absolute Gasteiger partial charge is 0.497 e. The van der Waals surface area contributed by atoms with Crippen molar-refractivity contribution in [3.05, 3.63) is 93.8 Å². The summed E-state index contributed by atoms with van der Waals surface area (Å²) >= 11 is 1.79. The van der Waals surface area contributed by atoms with Gasteiger partial charge >= 0.3 is 5.63 Å². The molecule has 0 amide bonds. The van der Waals surface area contributed by atoms with Gasteiger partial charge in [0.05, 0.1) is 30.7 Å². The summed E-state index contributed by atoms with van der Waals surface area (Å²) < 4.78 is 17.1. The van der Waals surface area contributed by atoms with Crippen LogP contribution < -0.4 is 15.1 Å². The van der Waals surface area contributed by atoms with Gasteiger partial charge in [-0.05, 0) is 61.4 Å². The summed E-state index contributed by atoms with van der Waals surface area (Å²) in [6, 6.07) is 21.7. The van der Waals surface area contributed by atoms with Crippen molar-refractivity contribution < 1.29 is 13.9 Å². The highest BCUT2D eigenvalue weighted by atomic mass is 32.2. The van der Waals surface area contributed by atoms with Crippen molar-refractivity contribution in [2.24, 2.45) is 4.99 Å². The Morgan fingerprint density at radius 3 is 2.65 bits per heavy atom. The molecule has 172 valence electrons. The maximum atomic E-state index is 12.4. The van der Waals surface area contributed by atoms with Gasteiger partial charge in [0.15, 0.2) is 5.58 Å². The summed E-state index contributed by atoms with van der Waals surface area (Å²) in [5.74, 6) is 1.49. The second-order valence-electron chi connectivity index (χ2n) is 8.11. The fraction of sp³-hybridized carbons (Fsp3) is 0.214. The lowest BCUT2D eigenvalue weighted by Crippen LogP contribution is -2.11. The number of ether oxygens (including phenoxy) is 2. The van der Waals surface area contributed by atoms with Crippen molar-refractivity contribution in [3.63, 3.8) is 0 Å². The number of aliphatic imine (C=N–C) groups is 1. The highest BCUT2D eigenvalue weighted by Crippen LogP contribution is 2.47. The van der Waals surface area contributed by atoms with Crippen molar-refractivity contribution in [2.75, 3.05) is 13.7 Å². The molecule has 5 nitrogen and oxygen atoms in total. The molecule has 6 heteroatoms. The van der Waals surface area contributed by atoms with E-state index in [9.17, 15) is 4.79 Å². The van der Waals surface area contributed by atoms with Crippen molar-refractivity contribution in [1.29, 1.82) is 0 Å². The molecule has 0 N–H and O–H groups in total. The van der Waals surface area contributed by atoms with Gasteiger partial charge in [0.1, 0.15) is 11.5 Å². The van der Waals surface area contributed by atoms with Gasteiger partial charge in [-0.2, -0.15) is 0 Å². The Morgan fingerprint density at radius 2 is 1.88 bits per heavy atom. The molecule has 4 aromatic rings. The molecule has 0 radical (unpaired) electrons. The monoisotopic (exact) mass is 471 g/mol. The number of para-hydroxylation sites is 1. The minimum Gasteiger partial charge on any atom is -0.497 e. The first-order chi connectivity index (χ1) is 16.6. The SMILES string of the molecule is CCOc1ccc2c(C)cc(=O)oc2c1C1=Nc2ccccc2S[C@H](c2ccc(OC)cc2)C1. The summed E-state index contributed by atoms with van der Waals surface area (Å²) in [5, 5.41) is 0.988. The number of benzene rings is 3. The fourth-order valence-corrected chi connectivity index (χ4v) is 5.52. The van der Waals surface area contributed by atoms with Gasteiger partial charge < -0.3 is 13.9 Å². The summed E-state index contributed by atoms with van der Waals surface area (Å²) in [5.41, 5.74) is 4.66. The van der Waals surface area contributed by atoms with Gasteiger partial charge in [0.25, 0.3) is 0 Å². The molecule has 0 saturated carbocycles. The molecule has 0 bridgehead atoms. The molecule has 1 atom stereocenters. The molecule has 0 spiro atoms. The first-order valence-electron chi connectivity index (χ1n) is 11.2. The number of hydrogen-bond acceptors (Lipinski definition) is 6. The molecule has 5 rings (SSSR count). The van der Waals surface area contributed by atoms with E-state index in [1.54, 1.807) is 18.9 Å². The molecule has 0 fully saturated rings. The number of hydrogen-bond donors (Lipinski definition) is 0. The van der Waals surface area contributed by atoms with E-state index in [1.165, 1.54) is 11.6 Å². The number of fused-ring (bicyclic) bond motifs is 2. The van der Waals surface area contributed by atoms with Crippen LogP contribution in [0.25, 0.3) is 11.0 Å². The van der Waals surface area contributed by atoms with Gasteiger partial charge in [0.2, 0.25) is 0 Å². The number of nitrogens with zero attached hydrogens (tertiary/aromatic N) is 1. The van der Waals surface area contributed by atoms with Gasteiger partial charge in [-0.3, -0.25) is 4.99 Å². The zero-order valence-electron chi connectivity index (χ0n) is 19.3. The highest BCUT2D eigenvalue weighted by molar-refractivity contribution is 7.99. The van der Waals surface area contributed by atoms with Crippen LogP contribution in [0.2, 0.25) is 0 Å². The average molecular weight is 472 g/mol. The number of methoxy groups -OCH3 is 1. The third kappa shape index (κ3) is 4.21. The van der Waals surface area contributed by atoms with Crippen LogP contribution in [0, 0.1) is 6.92 Å². The Morgan fingerprint density at radius 1 is 1.09 bits per heavy atom. The van der Waals surface area contributed by atoms with E-state index in [0.29, 0.717) is 24.4 Å². The van der Waals surface area contributed by atoms with Crippen LogP contribution in [0.3, 0.4) is 0 Å².